The molecule has 5 rings (SSSR count). The summed E-state index contributed by atoms with van der Waals surface area (Å²) in [5.74, 6) is -0.364. The van der Waals surface area contributed by atoms with Gasteiger partial charge in [-0.05, 0) is 30.0 Å². The van der Waals surface area contributed by atoms with Crippen molar-refractivity contribution >= 4 is 5.91 Å². The second-order valence-electron chi connectivity index (χ2n) is 8.22. The van der Waals surface area contributed by atoms with E-state index >= 15 is 4.39 Å². The van der Waals surface area contributed by atoms with Gasteiger partial charge in [-0.15, -0.1) is 5.10 Å². The molecule has 0 aliphatic heterocycles. The molecule has 4 aromatic rings. The lowest BCUT2D eigenvalue weighted by molar-refractivity contribution is 0.0920. The molecule has 1 amide bonds. The molecular weight excluding hydrogens is 423 g/mol. The van der Waals surface area contributed by atoms with Crippen molar-refractivity contribution < 1.29 is 9.18 Å². The van der Waals surface area contributed by atoms with Crippen LogP contribution in [0.3, 0.4) is 0 Å². The fourth-order valence-corrected chi connectivity index (χ4v) is 3.90. The number of carbonyl (C=O) groups excluding carboxylic acids is 1. The molecule has 1 saturated carbocycles. The highest BCUT2D eigenvalue weighted by Gasteiger charge is 2.48. The fraction of sp³-hybridized carbons (Fsp3) is 0.208. The fourth-order valence-electron chi connectivity index (χ4n) is 3.90. The monoisotopic (exact) mass is 444 g/mol. The first-order chi connectivity index (χ1) is 15.9. The van der Waals surface area contributed by atoms with Crippen LogP contribution in [0.25, 0.3) is 11.1 Å². The van der Waals surface area contributed by atoms with Crippen LogP contribution in [0.15, 0.2) is 65.8 Å². The normalized spacial score (nSPS) is 14.1. The van der Waals surface area contributed by atoms with E-state index in [1.807, 2.05) is 30.3 Å². The maximum Gasteiger partial charge on any atom is 0.291 e. The Morgan fingerprint density at radius 3 is 2.73 bits per heavy atom. The van der Waals surface area contributed by atoms with Gasteiger partial charge in [-0.2, -0.15) is 0 Å². The quantitative estimate of drug-likeness (QED) is 0.476. The Balaban J connectivity index is 1.34. The van der Waals surface area contributed by atoms with Crippen LogP contribution in [-0.4, -0.2) is 30.6 Å². The van der Waals surface area contributed by atoms with E-state index in [0.29, 0.717) is 41.8 Å². The van der Waals surface area contributed by atoms with Gasteiger partial charge in [-0.1, -0.05) is 42.5 Å². The van der Waals surface area contributed by atoms with E-state index < -0.39 is 17.3 Å². The van der Waals surface area contributed by atoms with E-state index in [1.165, 1.54) is 23.2 Å². The van der Waals surface area contributed by atoms with E-state index in [-0.39, 0.29) is 11.4 Å². The molecule has 8 nitrogen and oxygen atoms in total. The summed E-state index contributed by atoms with van der Waals surface area (Å²) < 4.78 is 16.4. The number of aromatic nitrogens is 5. The first-order valence-corrected chi connectivity index (χ1v) is 10.5. The summed E-state index contributed by atoms with van der Waals surface area (Å²) in [5, 5.41) is 9.72. The summed E-state index contributed by atoms with van der Waals surface area (Å²) in [5.41, 5.74) is 1.10. The molecule has 1 fully saturated rings. The number of aryl methyl sites for hydroxylation is 1. The van der Waals surface area contributed by atoms with Gasteiger partial charge in [0.2, 0.25) is 5.82 Å². The molecule has 33 heavy (non-hydrogen) atoms. The van der Waals surface area contributed by atoms with Crippen LogP contribution in [0.1, 0.15) is 40.4 Å². The number of aromatic amines is 1. The molecule has 0 bridgehead atoms. The van der Waals surface area contributed by atoms with Gasteiger partial charge in [0.15, 0.2) is 0 Å². The molecule has 0 radical (unpaired) electrons. The van der Waals surface area contributed by atoms with Crippen molar-refractivity contribution in [3.8, 4) is 11.1 Å². The number of halogens is 1. The van der Waals surface area contributed by atoms with Gasteiger partial charge in [0, 0.05) is 25.2 Å². The first kappa shape index (κ1) is 20.7. The second kappa shape index (κ2) is 8.09. The molecule has 0 unspecified atom stereocenters. The van der Waals surface area contributed by atoms with Crippen molar-refractivity contribution in [2.45, 2.75) is 24.8 Å². The maximum absolute atomic E-state index is 15.1. The average molecular weight is 444 g/mol. The Labute approximate surface area is 188 Å². The number of nitrogens with one attached hydrogen (secondary N) is 2. The van der Waals surface area contributed by atoms with E-state index in [2.05, 4.69) is 25.5 Å². The summed E-state index contributed by atoms with van der Waals surface area (Å²) in [6.07, 6.45) is 4.55. The lowest BCUT2D eigenvalue weighted by Crippen LogP contribution is -2.36. The average Bonchev–Trinajstić information content (AvgIpc) is 3.43. The van der Waals surface area contributed by atoms with Crippen molar-refractivity contribution in [1.82, 2.24) is 30.0 Å². The van der Waals surface area contributed by atoms with Crippen molar-refractivity contribution in [1.29, 1.82) is 0 Å². The van der Waals surface area contributed by atoms with E-state index in [9.17, 15) is 9.59 Å². The second-order valence-corrected chi connectivity index (χ2v) is 8.22. The molecule has 9 heteroatoms. The van der Waals surface area contributed by atoms with Crippen LogP contribution in [0.2, 0.25) is 0 Å². The van der Waals surface area contributed by atoms with Crippen molar-refractivity contribution in [3.63, 3.8) is 0 Å². The summed E-state index contributed by atoms with van der Waals surface area (Å²) >= 11 is 0. The molecule has 0 saturated heterocycles. The molecule has 2 heterocycles. The van der Waals surface area contributed by atoms with E-state index in [4.69, 9.17) is 0 Å². The number of rotatable bonds is 6. The molecule has 2 N–H and O–H groups in total. The maximum atomic E-state index is 15.1. The molecule has 2 aromatic carbocycles. The molecule has 0 atom stereocenters. The number of benzene rings is 2. The highest BCUT2D eigenvalue weighted by atomic mass is 19.1. The van der Waals surface area contributed by atoms with Crippen LogP contribution in [0, 0.1) is 5.82 Å². The van der Waals surface area contributed by atoms with Gasteiger partial charge in [-0.3, -0.25) is 14.7 Å². The van der Waals surface area contributed by atoms with Gasteiger partial charge in [-0.25, -0.2) is 14.4 Å². The summed E-state index contributed by atoms with van der Waals surface area (Å²) in [6, 6.07) is 14.3. The van der Waals surface area contributed by atoms with E-state index in [0.717, 1.165) is 5.56 Å². The van der Waals surface area contributed by atoms with Crippen LogP contribution in [0.5, 0.6) is 0 Å². The Bertz CT molecular complexity index is 1390. The third kappa shape index (κ3) is 4.05. The van der Waals surface area contributed by atoms with Gasteiger partial charge in [0.25, 0.3) is 11.5 Å². The SMILES string of the molecule is Cn1cncc(-c2ccc(C3(NC(=O)c4n[nH]c(Cc5ccccc5)n4)CC3)c(F)c2)c1=O. The largest absolute Gasteiger partial charge is 0.340 e. The molecular formula is C24H21FN6O2. The number of H-pyrrole nitrogens is 1. The first-order valence-electron chi connectivity index (χ1n) is 10.5. The minimum atomic E-state index is -0.806. The zero-order valence-electron chi connectivity index (χ0n) is 17.9. The zero-order valence-corrected chi connectivity index (χ0v) is 17.9. The van der Waals surface area contributed by atoms with Gasteiger partial charge >= 0.3 is 0 Å². The highest BCUT2D eigenvalue weighted by Crippen LogP contribution is 2.47. The molecule has 166 valence electrons. The standard InChI is InChI=1S/C24H21FN6O2/c1-31-14-26-13-17(23(31)33)16-7-8-18(19(25)12-16)24(9-10-24)28-22(32)21-27-20(29-30-21)11-15-5-3-2-4-6-15/h2-8,12-14H,9-11H2,1H3,(H,28,32)(H,27,29,30). The number of nitrogens with zero attached hydrogens (tertiary/aromatic N) is 4. The lowest BCUT2D eigenvalue weighted by atomic mass is 9.99. The topological polar surface area (TPSA) is 106 Å². The molecule has 2 aromatic heterocycles. The van der Waals surface area contributed by atoms with Crippen molar-refractivity contribution in [3.05, 3.63) is 100 Å². The Hall–Kier alpha value is -4.14. The Kier molecular flexibility index (Phi) is 5.08. The Morgan fingerprint density at radius 1 is 1.21 bits per heavy atom. The van der Waals surface area contributed by atoms with E-state index in [1.54, 1.807) is 19.2 Å². The third-order valence-electron chi connectivity index (χ3n) is 5.84. The minimum Gasteiger partial charge on any atom is -0.340 e. The van der Waals surface area contributed by atoms with Crippen molar-refractivity contribution in [2.24, 2.45) is 7.05 Å². The third-order valence-corrected chi connectivity index (χ3v) is 5.84. The van der Waals surface area contributed by atoms with Crippen LogP contribution >= 0.6 is 0 Å². The molecule has 0 spiro atoms. The zero-order chi connectivity index (χ0) is 23.0. The van der Waals surface area contributed by atoms with Crippen LogP contribution in [-0.2, 0) is 19.0 Å². The molecule has 1 aliphatic carbocycles. The van der Waals surface area contributed by atoms with Crippen molar-refractivity contribution in [2.75, 3.05) is 0 Å². The number of amides is 1. The number of carbonyl (C=O) groups is 1. The highest BCUT2D eigenvalue weighted by molar-refractivity contribution is 5.91. The summed E-state index contributed by atoms with van der Waals surface area (Å²) in [4.78, 5) is 33.4. The predicted molar refractivity (Wildman–Crippen MR) is 119 cm³/mol. The molecule has 1 aliphatic rings. The van der Waals surface area contributed by atoms with Crippen LogP contribution in [0.4, 0.5) is 4.39 Å². The lowest BCUT2D eigenvalue weighted by Gasteiger charge is -2.18. The number of hydrogen-bond donors (Lipinski definition) is 2. The van der Waals surface area contributed by atoms with Gasteiger partial charge in [0.05, 0.1) is 17.4 Å². The number of hydrogen-bond acceptors (Lipinski definition) is 5. The summed E-state index contributed by atoms with van der Waals surface area (Å²) in [6.45, 7) is 0. The minimum absolute atomic E-state index is 0.0168. The van der Waals surface area contributed by atoms with Crippen LogP contribution < -0.4 is 10.9 Å². The Morgan fingerprint density at radius 2 is 2.00 bits per heavy atom. The predicted octanol–water partition coefficient (Wildman–Crippen LogP) is 2.71. The van der Waals surface area contributed by atoms with Gasteiger partial charge < -0.3 is 9.88 Å². The van der Waals surface area contributed by atoms with Gasteiger partial charge in [0.1, 0.15) is 11.6 Å². The smallest absolute Gasteiger partial charge is 0.291 e. The summed E-state index contributed by atoms with van der Waals surface area (Å²) in [7, 11) is 1.59.